The number of aliphatic hydroxyl groups excluding tert-OH is 1. The van der Waals surface area contributed by atoms with Crippen LogP contribution in [0.4, 0.5) is 0 Å². The van der Waals surface area contributed by atoms with E-state index < -0.39 is 0 Å². The van der Waals surface area contributed by atoms with E-state index in [9.17, 15) is 5.11 Å². The normalized spacial score (nSPS) is 33.2. The Morgan fingerprint density at radius 1 is 1.00 bits per heavy atom. The molecule has 0 aromatic rings. The molecule has 112 valence electrons. The van der Waals surface area contributed by atoms with E-state index in [0.717, 1.165) is 31.2 Å². The van der Waals surface area contributed by atoms with Gasteiger partial charge in [0.1, 0.15) is 0 Å². The van der Waals surface area contributed by atoms with Gasteiger partial charge in [-0.1, -0.05) is 52.4 Å². The molecule has 2 saturated carbocycles. The van der Waals surface area contributed by atoms with Crippen LogP contribution in [0.1, 0.15) is 71.6 Å². The molecular weight excluding hydrogens is 234 g/mol. The number of fused-ring (bicyclic) bond motifs is 1. The van der Waals surface area contributed by atoms with Crippen LogP contribution in [0.2, 0.25) is 0 Å². The molecule has 0 bridgehead atoms. The fourth-order valence-electron chi connectivity index (χ4n) is 4.35. The number of hydrogen-bond acceptors (Lipinski definition) is 2. The maximum absolute atomic E-state index is 10.2. The molecular formula is C17H33NO. The summed E-state index contributed by atoms with van der Waals surface area (Å²) in [6, 6.07) is 0.670. The second-order valence-corrected chi connectivity index (χ2v) is 6.87. The van der Waals surface area contributed by atoms with Crippen LogP contribution in [-0.4, -0.2) is 23.8 Å². The van der Waals surface area contributed by atoms with Crippen LogP contribution in [0.3, 0.4) is 0 Å². The Morgan fingerprint density at radius 2 is 1.68 bits per heavy atom. The predicted octanol–water partition coefficient (Wildman–Crippen LogP) is 3.73. The van der Waals surface area contributed by atoms with Crippen molar-refractivity contribution in [3.63, 3.8) is 0 Å². The lowest BCUT2D eigenvalue weighted by molar-refractivity contribution is 0.0867. The van der Waals surface area contributed by atoms with Gasteiger partial charge in [-0.25, -0.2) is 0 Å². The smallest absolute Gasteiger partial charge is 0.0692 e. The summed E-state index contributed by atoms with van der Waals surface area (Å²) in [6.45, 7) is 5.17. The second-order valence-electron chi connectivity index (χ2n) is 6.87. The van der Waals surface area contributed by atoms with Gasteiger partial charge < -0.3 is 10.4 Å². The molecule has 2 heteroatoms. The molecule has 0 heterocycles. The molecule has 4 unspecified atom stereocenters. The third-order valence-electron chi connectivity index (χ3n) is 5.75. The van der Waals surface area contributed by atoms with Gasteiger partial charge in [0, 0.05) is 12.6 Å². The van der Waals surface area contributed by atoms with Crippen LogP contribution >= 0.6 is 0 Å². The lowest BCUT2D eigenvalue weighted by Gasteiger charge is -2.40. The highest BCUT2D eigenvalue weighted by Crippen LogP contribution is 2.40. The molecule has 0 spiro atoms. The van der Waals surface area contributed by atoms with Gasteiger partial charge in [0.15, 0.2) is 0 Å². The van der Waals surface area contributed by atoms with Gasteiger partial charge >= 0.3 is 0 Å². The van der Waals surface area contributed by atoms with Gasteiger partial charge in [-0.15, -0.1) is 0 Å². The summed E-state index contributed by atoms with van der Waals surface area (Å²) in [5.74, 6) is 2.47. The molecule has 0 aromatic heterocycles. The summed E-state index contributed by atoms with van der Waals surface area (Å²) < 4.78 is 0. The van der Waals surface area contributed by atoms with Gasteiger partial charge in [0.25, 0.3) is 0 Å². The second kappa shape index (κ2) is 7.64. The van der Waals surface area contributed by atoms with Crippen molar-refractivity contribution in [2.75, 3.05) is 6.54 Å². The highest BCUT2D eigenvalue weighted by molar-refractivity contribution is 4.86. The van der Waals surface area contributed by atoms with Crippen molar-refractivity contribution in [2.45, 2.75) is 83.8 Å². The molecule has 0 saturated heterocycles. The molecule has 19 heavy (non-hydrogen) atoms. The minimum atomic E-state index is -0.154. The monoisotopic (exact) mass is 267 g/mol. The van der Waals surface area contributed by atoms with Crippen molar-refractivity contribution < 1.29 is 5.11 Å². The Labute approximate surface area is 119 Å². The lowest BCUT2D eigenvalue weighted by atomic mass is 9.69. The van der Waals surface area contributed by atoms with E-state index in [0.29, 0.717) is 12.0 Å². The van der Waals surface area contributed by atoms with Crippen LogP contribution in [-0.2, 0) is 0 Å². The minimum absolute atomic E-state index is 0.154. The van der Waals surface area contributed by atoms with Gasteiger partial charge in [-0.05, 0) is 37.0 Å². The fraction of sp³-hybridized carbons (Fsp3) is 1.00. The van der Waals surface area contributed by atoms with Crippen molar-refractivity contribution >= 4 is 0 Å². The quantitative estimate of drug-likeness (QED) is 0.768. The fourth-order valence-corrected chi connectivity index (χ4v) is 4.35. The maximum Gasteiger partial charge on any atom is 0.0692 e. The highest BCUT2D eigenvalue weighted by Gasteiger charge is 2.32. The summed E-state index contributed by atoms with van der Waals surface area (Å²) in [4.78, 5) is 0. The van der Waals surface area contributed by atoms with E-state index in [2.05, 4.69) is 19.2 Å². The zero-order valence-corrected chi connectivity index (χ0v) is 12.9. The van der Waals surface area contributed by atoms with Crippen LogP contribution in [0.15, 0.2) is 0 Å². The summed E-state index contributed by atoms with van der Waals surface area (Å²) in [5.41, 5.74) is 0. The van der Waals surface area contributed by atoms with E-state index in [-0.39, 0.29) is 6.10 Å². The summed E-state index contributed by atoms with van der Waals surface area (Å²) in [6.07, 6.45) is 12.0. The first-order valence-corrected chi connectivity index (χ1v) is 8.66. The number of rotatable bonds is 6. The topological polar surface area (TPSA) is 32.3 Å². The zero-order chi connectivity index (χ0) is 13.7. The Balaban J connectivity index is 1.71. The van der Waals surface area contributed by atoms with Crippen LogP contribution in [0, 0.1) is 17.8 Å². The largest absolute Gasteiger partial charge is 0.392 e. The number of aliphatic hydroxyl groups is 1. The van der Waals surface area contributed by atoms with Crippen LogP contribution in [0.5, 0.6) is 0 Å². The van der Waals surface area contributed by atoms with Crippen LogP contribution < -0.4 is 5.32 Å². The molecule has 0 amide bonds. The standard InChI is InChI=1S/C17H33NO/c1-3-13(4-2)17(19)12-18-16-10-9-14-7-5-6-8-15(14)11-16/h13-19H,3-12H2,1-2H3. The molecule has 2 rings (SSSR count). The van der Waals surface area contributed by atoms with Crippen molar-refractivity contribution in [1.82, 2.24) is 5.32 Å². The summed E-state index contributed by atoms with van der Waals surface area (Å²) >= 11 is 0. The molecule has 2 nitrogen and oxygen atoms in total. The van der Waals surface area contributed by atoms with Crippen molar-refractivity contribution in [3.05, 3.63) is 0 Å². The molecule has 2 N–H and O–H groups in total. The van der Waals surface area contributed by atoms with Crippen molar-refractivity contribution in [1.29, 1.82) is 0 Å². The summed E-state index contributed by atoms with van der Waals surface area (Å²) in [5, 5.41) is 13.9. The van der Waals surface area contributed by atoms with E-state index in [4.69, 9.17) is 0 Å². The third kappa shape index (κ3) is 4.19. The average Bonchev–Trinajstić information content (AvgIpc) is 2.46. The lowest BCUT2D eigenvalue weighted by Crippen LogP contribution is -2.43. The molecule has 2 aliphatic carbocycles. The highest BCUT2D eigenvalue weighted by atomic mass is 16.3. The van der Waals surface area contributed by atoms with Crippen molar-refractivity contribution in [2.24, 2.45) is 17.8 Å². The molecule has 4 atom stereocenters. The zero-order valence-electron chi connectivity index (χ0n) is 12.9. The number of hydrogen-bond donors (Lipinski definition) is 2. The van der Waals surface area contributed by atoms with E-state index >= 15 is 0 Å². The van der Waals surface area contributed by atoms with E-state index in [1.165, 1.54) is 44.9 Å². The minimum Gasteiger partial charge on any atom is -0.392 e. The van der Waals surface area contributed by atoms with Crippen molar-refractivity contribution in [3.8, 4) is 0 Å². The first-order chi connectivity index (χ1) is 9.24. The Kier molecular flexibility index (Phi) is 6.15. The third-order valence-corrected chi connectivity index (χ3v) is 5.75. The molecule has 2 fully saturated rings. The van der Waals surface area contributed by atoms with Crippen LogP contribution in [0.25, 0.3) is 0 Å². The summed E-state index contributed by atoms with van der Waals surface area (Å²) in [7, 11) is 0. The molecule has 0 aromatic carbocycles. The SMILES string of the molecule is CCC(CC)C(O)CNC1CCC2CCCCC2C1. The van der Waals surface area contributed by atoms with Gasteiger partial charge in [0.2, 0.25) is 0 Å². The molecule has 2 aliphatic rings. The van der Waals surface area contributed by atoms with E-state index in [1.807, 2.05) is 0 Å². The Bertz CT molecular complexity index is 252. The Hall–Kier alpha value is -0.0800. The first kappa shape index (κ1) is 15.3. The Morgan fingerprint density at radius 3 is 2.37 bits per heavy atom. The predicted molar refractivity (Wildman–Crippen MR) is 81.2 cm³/mol. The van der Waals surface area contributed by atoms with E-state index in [1.54, 1.807) is 0 Å². The molecule has 0 aliphatic heterocycles. The first-order valence-electron chi connectivity index (χ1n) is 8.66. The maximum atomic E-state index is 10.2. The van der Waals surface area contributed by atoms with Gasteiger partial charge in [-0.2, -0.15) is 0 Å². The average molecular weight is 267 g/mol. The molecule has 0 radical (unpaired) electrons. The number of nitrogens with one attached hydrogen (secondary N) is 1. The van der Waals surface area contributed by atoms with Gasteiger partial charge in [0.05, 0.1) is 6.10 Å². The van der Waals surface area contributed by atoms with Gasteiger partial charge in [-0.3, -0.25) is 0 Å².